The van der Waals surface area contributed by atoms with Gasteiger partial charge in [0.1, 0.15) is 11.4 Å². The maximum absolute atomic E-state index is 13.1. The second kappa shape index (κ2) is 9.82. The van der Waals surface area contributed by atoms with Crippen molar-refractivity contribution in [3.05, 3.63) is 62.5 Å². The van der Waals surface area contributed by atoms with Crippen LogP contribution in [0.2, 0.25) is 5.02 Å². The summed E-state index contributed by atoms with van der Waals surface area (Å²) in [6, 6.07) is 6.88. The van der Waals surface area contributed by atoms with Crippen LogP contribution in [0.3, 0.4) is 0 Å². The molecule has 0 spiro atoms. The molecular weight excluding hydrogens is 502 g/mol. The summed E-state index contributed by atoms with van der Waals surface area (Å²) < 4.78 is 6.80. The van der Waals surface area contributed by atoms with Crippen molar-refractivity contribution in [3.63, 3.8) is 0 Å². The van der Waals surface area contributed by atoms with Gasteiger partial charge >= 0.3 is 0 Å². The van der Waals surface area contributed by atoms with Crippen molar-refractivity contribution in [2.75, 3.05) is 25.5 Å². The van der Waals surface area contributed by atoms with Gasteiger partial charge in [0.2, 0.25) is 0 Å². The Hall–Kier alpha value is -3.57. The first kappa shape index (κ1) is 24.1. The summed E-state index contributed by atoms with van der Waals surface area (Å²) in [5.74, 6) is 0.268. The monoisotopic (exact) mass is 525 g/mol. The molecule has 4 heterocycles. The van der Waals surface area contributed by atoms with Crippen LogP contribution in [0, 0.1) is 13.8 Å². The maximum atomic E-state index is 13.1. The Morgan fingerprint density at radius 1 is 1.17 bits per heavy atom. The number of amides is 2. The lowest BCUT2D eigenvalue weighted by Crippen LogP contribution is -2.39. The van der Waals surface area contributed by atoms with Crippen molar-refractivity contribution in [2.45, 2.75) is 32.6 Å². The third-order valence-corrected chi connectivity index (χ3v) is 7.53. The largest absolute Gasteiger partial charge is 0.495 e. The summed E-state index contributed by atoms with van der Waals surface area (Å²) in [6.45, 7) is 4.86. The van der Waals surface area contributed by atoms with Crippen LogP contribution in [0.5, 0.6) is 5.75 Å². The van der Waals surface area contributed by atoms with Gasteiger partial charge in [-0.15, -0.1) is 21.5 Å². The minimum Gasteiger partial charge on any atom is -0.495 e. The second-order valence-corrected chi connectivity index (χ2v) is 9.93. The highest BCUT2D eigenvalue weighted by molar-refractivity contribution is 7.10. The number of carbonyl (C=O) groups excluding carboxylic acids is 2. The fraction of sp³-hybridized carbons (Fsp3) is 0.333. The minimum atomic E-state index is -0.301. The summed E-state index contributed by atoms with van der Waals surface area (Å²) in [4.78, 5) is 32.2. The molecule has 1 aliphatic rings. The number of methoxy groups -OCH3 is 1. The van der Waals surface area contributed by atoms with Crippen LogP contribution < -0.4 is 10.1 Å². The van der Waals surface area contributed by atoms with E-state index in [1.165, 1.54) is 18.4 Å². The van der Waals surface area contributed by atoms with Gasteiger partial charge in [-0.2, -0.15) is 5.10 Å². The zero-order valence-electron chi connectivity index (χ0n) is 20.0. The SMILES string of the molecule is COc1ccc(NC(=O)c2csc(C3CCN(C(=O)c4nnc5cc(C)nn5c4C)CC3)n2)cc1Cl. The molecule has 186 valence electrons. The van der Waals surface area contributed by atoms with Crippen LogP contribution >= 0.6 is 22.9 Å². The number of fused-ring (bicyclic) bond motifs is 1. The number of aromatic nitrogens is 5. The Morgan fingerprint density at radius 3 is 2.67 bits per heavy atom. The first-order chi connectivity index (χ1) is 17.3. The normalized spacial score (nSPS) is 14.3. The number of likely N-dealkylation sites (tertiary alicyclic amines) is 1. The summed E-state index contributed by atoms with van der Waals surface area (Å²) in [5.41, 5.74) is 3.36. The van der Waals surface area contributed by atoms with Crippen molar-refractivity contribution >= 4 is 46.1 Å². The molecule has 0 saturated carbocycles. The first-order valence-electron chi connectivity index (χ1n) is 11.4. The molecule has 2 amide bonds. The van der Waals surface area contributed by atoms with E-state index in [0.29, 0.717) is 52.3 Å². The number of ether oxygens (including phenoxy) is 1. The van der Waals surface area contributed by atoms with Gasteiger partial charge in [-0.3, -0.25) is 9.59 Å². The number of aryl methyl sites for hydroxylation is 2. The van der Waals surface area contributed by atoms with E-state index in [4.69, 9.17) is 16.3 Å². The fourth-order valence-corrected chi connectivity index (χ4v) is 5.50. The Bertz CT molecular complexity index is 1460. The molecule has 0 radical (unpaired) electrons. The lowest BCUT2D eigenvalue weighted by atomic mass is 9.97. The molecule has 10 nitrogen and oxygen atoms in total. The summed E-state index contributed by atoms with van der Waals surface area (Å²) in [5, 5.41) is 18.6. The van der Waals surface area contributed by atoms with Crippen molar-refractivity contribution < 1.29 is 14.3 Å². The first-order valence-corrected chi connectivity index (χ1v) is 12.7. The Morgan fingerprint density at radius 2 is 1.94 bits per heavy atom. The molecule has 1 fully saturated rings. The van der Waals surface area contributed by atoms with Crippen molar-refractivity contribution in [3.8, 4) is 5.75 Å². The van der Waals surface area contributed by atoms with Crippen molar-refractivity contribution in [1.29, 1.82) is 0 Å². The van der Waals surface area contributed by atoms with Gasteiger partial charge in [0.15, 0.2) is 11.3 Å². The number of carbonyl (C=O) groups is 2. The topological polar surface area (TPSA) is 115 Å². The van der Waals surface area contributed by atoms with Crippen LogP contribution in [-0.2, 0) is 0 Å². The molecule has 0 atom stereocenters. The molecule has 3 aromatic heterocycles. The molecule has 4 aromatic rings. The standard InChI is InChI=1S/C24H24ClN7O3S/c1-13-10-20-28-29-21(14(2)32(20)30-13)24(34)31-8-6-15(7-9-31)23-27-18(12-36-23)22(33)26-16-4-5-19(35-3)17(25)11-16/h4-5,10-12,15H,6-9H2,1-3H3,(H,26,33). The Balaban J connectivity index is 1.21. The molecule has 1 aliphatic heterocycles. The van der Waals surface area contributed by atoms with Crippen LogP contribution in [-0.4, -0.2) is 61.7 Å². The van der Waals surface area contributed by atoms with E-state index in [9.17, 15) is 9.59 Å². The fourth-order valence-electron chi connectivity index (χ4n) is 4.27. The average Bonchev–Trinajstić information content (AvgIpc) is 3.51. The van der Waals surface area contributed by atoms with Gasteiger partial charge in [0, 0.05) is 36.1 Å². The third-order valence-electron chi connectivity index (χ3n) is 6.22. The van der Waals surface area contributed by atoms with E-state index in [-0.39, 0.29) is 17.7 Å². The van der Waals surface area contributed by atoms with Gasteiger partial charge in [-0.1, -0.05) is 11.6 Å². The molecular formula is C24H24ClN7O3S. The van der Waals surface area contributed by atoms with Gasteiger partial charge in [0.05, 0.1) is 28.5 Å². The number of thiazole rings is 1. The quantitative estimate of drug-likeness (QED) is 0.416. The predicted octanol–water partition coefficient (Wildman–Crippen LogP) is 4.13. The maximum Gasteiger partial charge on any atom is 0.276 e. The number of nitrogens with zero attached hydrogens (tertiary/aromatic N) is 6. The van der Waals surface area contributed by atoms with Crippen LogP contribution in [0.1, 0.15) is 56.1 Å². The molecule has 0 unspecified atom stereocenters. The van der Waals surface area contributed by atoms with Crippen LogP contribution in [0.25, 0.3) is 5.65 Å². The zero-order chi connectivity index (χ0) is 25.4. The average molecular weight is 526 g/mol. The second-order valence-electron chi connectivity index (χ2n) is 8.63. The minimum absolute atomic E-state index is 0.147. The summed E-state index contributed by atoms with van der Waals surface area (Å²) in [6.07, 6.45) is 1.51. The number of halogens is 1. The van der Waals surface area contributed by atoms with E-state index in [1.54, 1.807) is 33.0 Å². The number of nitrogens with one attached hydrogen (secondary N) is 1. The van der Waals surface area contributed by atoms with E-state index >= 15 is 0 Å². The van der Waals surface area contributed by atoms with Crippen molar-refractivity contribution in [2.24, 2.45) is 0 Å². The smallest absolute Gasteiger partial charge is 0.276 e. The van der Waals surface area contributed by atoms with Crippen LogP contribution in [0.15, 0.2) is 29.6 Å². The molecule has 0 bridgehead atoms. The van der Waals surface area contributed by atoms with Gasteiger partial charge in [0.25, 0.3) is 11.8 Å². The summed E-state index contributed by atoms with van der Waals surface area (Å²) in [7, 11) is 1.53. The molecule has 12 heteroatoms. The molecule has 1 saturated heterocycles. The Labute approximate surface area is 216 Å². The molecule has 36 heavy (non-hydrogen) atoms. The highest BCUT2D eigenvalue weighted by atomic mass is 35.5. The van der Waals surface area contributed by atoms with E-state index in [2.05, 4.69) is 25.6 Å². The highest BCUT2D eigenvalue weighted by Gasteiger charge is 2.29. The molecule has 5 rings (SSSR count). The van der Waals surface area contributed by atoms with Gasteiger partial charge in [-0.05, 0) is 44.9 Å². The predicted molar refractivity (Wildman–Crippen MR) is 136 cm³/mol. The molecule has 1 aromatic carbocycles. The number of hydrogen-bond donors (Lipinski definition) is 1. The van der Waals surface area contributed by atoms with Gasteiger partial charge in [-0.25, -0.2) is 9.50 Å². The highest BCUT2D eigenvalue weighted by Crippen LogP contribution is 2.32. The van der Waals surface area contributed by atoms with E-state index in [1.807, 2.05) is 19.9 Å². The zero-order valence-corrected chi connectivity index (χ0v) is 21.6. The number of anilines is 1. The lowest BCUT2D eigenvalue weighted by molar-refractivity contribution is 0.0704. The van der Waals surface area contributed by atoms with Gasteiger partial charge < -0.3 is 15.0 Å². The number of benzene rings is 1. The number of rotatable bonds is 5. The lowest BCUT2D eigenvalue weighted by Gasteiger charge is -2.31. The molecule has 0 aliphatic carbocycles. The number of hydrogen-bond acceptors (Lipinski definition) is 8. The van der Waals surface area contributed by atoms with Crippen molar-refractivity contribution in [1.82, 2.24) is 29.7 Å². The van der Waals surface area contributed by atoms with Crippen LogP contribution in [0.4, 0.5) is 5.69 Å². The number of piperidine rings is 1. The molecule has 1 N–H and O–H groups in total. The third kappa shape index (κ3) is 4.63. The summed E-state index contributed by atoms with van der Waals surface area (Å²) >= 11 is 7.60. The van der Waals surface area contributed by atoms with E-state index < -0.39 is 0 Å². The van der Waals surface area contributed by atoms with E-state index in [0.717, 1.165) is 23.5 Å². The Kier molecular flexibility index (Phi) is 6.59.